The minimum Gasteiger partial charge on any atom is -0.389 e. The summed E-state index contributed by atoms with van der Waals surface area (Å²) in [5.74, 6) is 1.83. The van der Waals surface area contributed by atoms with E-state index in [0.717, 1.165) is 61.5 Å². The van der Waals surface area contributed by atoms with Gasteiger partial charge in [0.1, 0.15) is 11.6 Å². The number of unbranched alkanes of at least 4 members (excludes halogenated alkanes) is 1. The van der Waals surface area contributed by atoms with Crippen LogP contribution in [0, 0.1) is 6.92 Å². The summed E-state index contributed by atoms with van der Waals surface area (Å²) in [6, 6.07) is 4.37. The average molecular weight is 352 g/mol. The Morgan fingerprint density at radius 1 is 1.19 bits per heavy atom. The lowest BCUT2D eigenvalue weighted by Gasteiger charge is -2.09. The summed E-state index contributed by atoms with van der Waals surface area (Å²) < 4.78 is 0. The molecule has 26 heavy (non-hydrogen) atoms. The molecule has 0 bridgehead atoms. The molecular weight excluding hydrogens is 324 g/mol. The zero-order valence-corrected chi connectivity index (χ0v) is 15.5. The third-order valence-electron chi connectivity index (χ3n) is 4.70. The van der Waals surface area contributed by atoms with E-state index in [0.29, 0.717) is 0 Å². The molecule has 1 atom stereocenters. The second kappa shape index (κ2) is 9.43. The predicted octanol–water partition coefficient (Wildman–Crippen LogP) is 3.72. The molecule has 5 heteroatoms. The predicted molar refractivity (Wildman–Crippen MR) is 105 cm³/mol. The number of pyridine rings is 1. The lowest BCUT2D eigenvalue weighted by atomic mass is 10.1. The van der Waals surface area contributed by atoms with Crippen molar-refractivity contribution in [1.29, 1.82) is 0 Å². The van der Waals surface area contributed by atoms with Crippen LogP contribution in [0.15, 0.2) is 30.6 Å². The molecule has 0 aromatic carbocycles. The topological polar surface area (TPSA) is 70.9 Å². The van der Waals surface area contributed by atoms with Gasteiger partial charge in [0.15, 0.2) is 0 Å². The average Bonchev–Trinajstić information content (AvgIpc) is 2.90. The van der Waals surface area contributed by atoms with Gasteiger partial charge in [0.2, 0.25) is 0 Å². The fourth-order valence-corrected chi connectivity index (χ4v) is 3.14. The van der Waals surface area contributed by atoms with Gasteiger partial charge in [0.25, 0.3) is 0 Å². The number of rotatable bonds is 7. The van der Waals surface area contributed by atoms with E-state index >= 15 is 0 Å². The molecule has 2 N–H and O–H groups in total. The van der Waals surface area contributed by atoms with E-state index in [4.69, 9.17) is 4.98 Å². The number of anilines is 1. The number of fused-ring (bicyclic) bond motifs is 1. The molecule has 0 aliphatic carbocycles. The van der Waals surface area contributed by atoms with Gasteiger partial charge < -0.3 is 10.4 Å². The maximum Gasteiger partial charge on any atom is 0.129 e. The maximum absolute atomic E-state index is 10.1. The Kier molecular flexibility index (Phi) is 6.72. The third-order valence-corrected chi connectivity index (χ3v) is 4.70. The minimum absolute atomic E-state index is 0.432. The van der Waals surface area contributed by atoms with E-state index < -0.39 is 6.10 Å². The summed E-state index contributed by atoms with van der Waals surface area (Å²) in [5, 5.41) is 13.5. The number of nitrogens with one attached hydrogen (secondary N) is 1. The first kappa shape index (κ1) is 18.5. The van der Waals surface area contributed by atoms with Crippen molar-refractivity contribution in [2.24, 2.45) is 0 Å². The van der Waals surface area contributed by atoms with E-state index in [2.05, 4.69) is 27.4 Å². The van der Waals surface area contributed by atoms with Gasteiger partial charge >= 0.3 is 0 Å². The Hall–Kier alpha value is -2.27. The zero-order valence-electron chi connectivity index (χ0n) is 15.5. The van der Waals surface area contributed by atoms with Crippen LogP contribution in [0.25, 0.3) is 6.08 Å². The van der Waals surface area contributed by atoms with Gasteiger partial charge in [-0.2, -0.15) is 0 Å². The molecule has 5 nitrogen and oxygen atoms in total. The molecule has 2 aromatic heterocycles. The maximum atomic E-state index is 10.1. The standard InChI is InChI=1S/C21H28N4O/c1-16-23-14-17(15-24-16)9-12-20(26)8-3-2-7-19-11-10-18-6-4-5-13-22-21(18)25-19/h9-12,14-15,20,26H,2-8,13H2,1H3,(H,22,25)/t20-/m1/s1. The Bertz CT molecular complexity index is 727. The van der Waals surface area contributed by atoms with E-state index in [1.807, 2.05) is 19.1 Å². The molecule has 0 unspecified atom stereocenters. The zero-order chi connectivity index (χ0) is 18.2. The Balaban J connectivity index is 1.41. The van der Waals surface area contributed by atoms with Crippen molar-refractivity contribution in [2.75, 3.05) is 11.9 Å². The van der Waals surface area contributed by atoms with E-state index in [-0.39, 0.29) is 0 Å². The van der Waals surface area contributed by atoms with Gasteiger partial charge in [-0.25, -0.2) is 15.0 Å². The SMILES string of the molecule is Cc1ncc(C=C[C@H](O)CCCCc2ccc3c(n2)NCCCC3)cn1. The first-order valence-electron chi connectivity index (χ1n) is 9.58. The van der Waals surface area contributed by atoms with Gasteiger partial charge in [-0.05, 0) is 57.1 Å². The summed E-state index contributed by atoms with van der Waals surface area (Å²) >= 11 is 0. The lowest BCUT2D eigenvalue weighted by Crippen LogP contribution is -2.05. The van der Waals surface area contributed by atoms with Crippen molar-refractivity contribution in [3.8, 4) is 0 Å². The molecule has 1 aliphatic heterocycles. The van der Waals surface area contributed by atoms with Crippen LogP contribution < -0.4 is 5.32 Å². The molecular formula is C21H28N4O. The number of nitrogens with zero attached hydrogens (tertiary/aromatic N) is 3. The van der Waals surface area contributed by atoms with E-state index in [1.165, 1.54) is 18.4 Å². The van der Waals surface area contributed by atoms with Crippen LogP contribution in [0.5, 0.6) is 0 Å². The van der Waals surface area contributed by atoms with Crippen molar-refractivity contribution >= 4 is 11.9 Å². The first-order valence-corrected chi connectivity index (χ1v) is 9.58. The molecule has 0 radical (unpaired) electrons. The van der Waals surface area contributed by atoms with Crippen LogP contribution in [-0.4, -0.2) is 32.7 Å². The Morgan fingerprint density at radius 3 is 2.88 bits per heavy atom. The highest BCUT2D eigenvalue weighted by Gasteiger charge is 2.09. The number of aliphatic hydroxyl groups excluding tert-OH is 1. The quantitative estimate of drug-likeness (QED) is 0.743. The van der Waals surface area contributed by atoms with Crippen molar-refractivity contribution in [3.05, 3.63) is 53.2 Å². The van der Waals surface area contributed by atoms with Crippen LogP contribution in [0.1, 0.15) is 54.7 Å². The second-order valence-electron chi connectivity index (χ2n) is 6.93. The lowest BCUT2D eigenvalue weighted by molar-refractivity contribution is 0.209. The Morgan fingerprint density at radius 2 is 2.04 bits per heavy atom. The van der Waals surface area contributed by atoms with Crippen molar-refractivity contribution < 1.29 is 5.11 Å². The largest absolute Gasteiger partial charge is 0.389 e. The number of hydrogen-bond donors (Lipinski definition) is 2. The highest BCUT2D eigenvalue weighted by atomic mass is 16.3. The summed E-state index contributed by atoms with van der Waals surface area (Å²) in [7, 11) is 0. The monoisotopic (exact) mass is 352 g/mol. The highest BCUT2D eigenvalue weighted by Crippen LogP contribution is 2.20. The van der Waals surface area contributed by atoms with Crippen molar-refractivity contribution in [3.63, 3.8) is 0 Å². The van der Waals surface area contributed by atoms with Crippen LogP contribution >= 0.6 is 0 Å². The number of aromatic nitrogens is 3. The molecule has 0 amide bonds. The number of hydrogen-bond acceptors (Lipinski definition) is 5. The molecule has 0 saturated carbocycles. The van der Waals surface area contributed by atoms with Crippen molar-refractivity contribution in [1.82, 2.24) is 15.0 Å². The van der Waals surface area contributed by atoms with Gasteiger partial charge in [0, 0.05) is 30.2 Å². The summed E-state index contributed by atoms with van der Waals surface area (Å²) in [5.41, 5.74) is 3.39. The van der Waals surface area contributed by atoms with Crippen LogP contribution in [0.2, 0.25) is 0 Å². The fourth-order valence-electron chi connectivity index (χ4n) is 3.14. The van der Waals surface area contributed by atoms with Crippen molar-refractivity contribution in [2.45, 2.75) is 58.0 Å². The normalized spacial score (nSPS) is 15.3. The molecule has 3 rings (SSSR count). The summed E-state index contributed by atoms with van der Waals surface area (Å²) in [6.45, 7) is 2.88. The van der Waals surface area contributed by atoms with E-state index in [9.17, 15) is 5.11 Å². The van der Waals surface area contributed by atoms with Gasteiger partial charge in [-0.1, -0.05) is 24.6 Å². The molecule has 0 fully saturated rings. The van der Waals surface area contributed by atoms with Gasteiger partial charge in [-0.15, -0.1) is 0 Å². The highest BCUT2D eigenvalue weighted by molar-refractivity contribution is 5.47. The van der Waals surface area contributed by atoms with E-state index in [1.54, 1.807) is 12.4 Å². The van der Waals surface area contributed by atoms with Crippen LogP contribution in [0.4, 0.5) is 5.82 Å². The Labute approximate surface area is 155 Å². The fraction of sp³-hybridized carbons (Fsp3) is 0.476. The summed E-state index contributed by atoms with van der Waals surface area (Å²) in [4.78, 5) is 13.1. The minimum atomic E-state index is -0.432. The molecule has 138 valence electrons. The summed E-state index contributed by atoms with van der Waals surface area (Å²) in [6.07, 6.45) is 14.1. The third kappa shape index (κ3) is 5.63. The number of aryl methyl sites for hydroxylation is 3. The van der Waals surface area contributed by atoms with Crippen LogP contribution in [0.3, 0.4) is 0 Å². The van der Waals surface area contributed by atoms with Crippen LogP contribution in [-0.2, 0) is 12.8 Å². The number of aliphatic hydroxyl groups is 1. The van der Waals surface area contributed by atoms with Gasteiger partial charge in [-0.3, -0.25) is 0 Å². The molecule has 0 saturated heterocycles. The smallest absolute Gasteiger partial charge is 0.129 e. The van der Waals surface area contributed by atoms with Gasteiger partial charge in [0.05, 0.1) is 6.10 Å². The molecule has 3 heterocycles. The first-order chi connectivity index (χ1) is 12.7. The molecule has 1 aliphatic rings. The second-order valence-corrected chi connectivity index (χ2v) is 6.93. The molecule has 0 spiro atoms. The molecule has 2 aromatic rings.